The zero-order chi connectivity index (χ0) is 24.5. The van der Waals surface area contributed by atoms with Gasteiger partial charge in [-0.05, 0) is 48.7 Å². The van der Waals surface area contributed by atoms with E-state index in [1.807, 2.05) is 6.20 Å². The maximum atomic E-state index is 5.20. The van der Waals surface area contributed by atoms with Crippen LogP contribution in [0, 0.1) is 0 Å². The number of hydrogen-bond acceptors (Lipinski definition) is 3. The summed E-state index contributed by atoms with van der Waals surface area (Å²) in [6.07, 6.45) is 1.88. The van der Waals surface area contributed by atoms with Crippen LogP contribution < -0.4 is 0 Å². The second-order valence-electron chi connectivity index (χ2n) is 9.40. The van der Waals surface area contributed by atoms with Crippen LogP contribution >= 0.6 is 11.3 Å². The highest BCUT2D eigenvalue weighted by molar-refractivity contribution is 7.15. The molecule has 0 amide bonds. The molecule has 0 aliphatic heterocycles. The molecule has 3 aromatic carbocycles. The highest BCUT2D eigenvalue weighted by Crippen LogP contribution is 2.40. The molecule has 0 radical (unpaired) electrons. The minimum absolute atomic E-state index is 0.944. The van der Waals surface area contributed by atoms with Crippen LogP contribution in [-0.4, -0.2) is 19.2 Å². The van der Waals surface area contributed by atoms with E-state index in [1.165, 1.54) is 42.8 Å². The lowest BCUT2D eigenvalue weighted by Crippen LogP contribution is -1.93. The lowest BCUT2D eigenvalue weighted by Gasteiger charge is -2.08. The number of fused-ring (bicyclic) bond motifs is 9. The Kier molecular flexibility index (Phi) is 4.34. The summed E-state index contributed by atoms with van der Waals surface area (Å²) >= 11 is 1.74. The van der Waals surface area contributed by atoms with Crippen molar-refractivity contribution in [3.8, 4) is 21.8 Å². The van der Waals surface area contributed by atoms with Gasteiger partial charge in [-0.2, -0.15) is 5.10 Å². The topological polar surface area (TPSA) is 35.1 Å². The van der Waals surface area contributed by atoms with Crippen molar-refractivity contribution in [1.29, 1.82) is 0 Å². The van der Waals surface area contributed by atoms with Crippen molar-refractivity contribution in [3.05, 3.63) is 103 Å². The Labute approximate surface area is 217 Å². The summed E-state index contributed by atoms with van der Waals surface area (Å²) in [5, 5.41) is 13.1. The third-order valence-electron chi connectivity index (χ3n) is 7.48. The van der Waals surface area contributed by atoms with Crippen LogP contribution in [0.25, 0.3) is 70.8 Å². The van der Waals surface area contributed by atoms with Gasteiger partial charge in [0.1, 0.15) is 0 Å². The van der Waals surface area contributed by atoms with Gasteiger partial charge in [0.05, 0.1) is 33.5 Å². The molecule has 0 fully saturated rings. The number of nitrogens with zero attached hydrogens (tertiary/aromatic N) is 4. The molecule has 0 spiro atoms. The number of hydrogen-bond donors (Lipinski definition) is 0. The summed E-state index contributed by atoms with van der Waals surface area (Å²) in [4.78, 5) is 6.37. The second kappa shape index (κ2) is 7.76. The Morgan fingerprint density at radius 2 is 1.43 bits per heavy atom. The number of thiophene rings is 1. The van der Waals surface area contributed by atoms with Crippen LogP contribution in [-0.2, 0) is 6.54 Å². The summed E-state index contributed by atoms with van der Waals surface area (Å²) in [5.74, 6) is 0. The molecule has 0 atom stereocenters. The molecule has 37 heavy (non-hydrogen) atoms. The molecule has 0 aliphatic carbocycles. The lowest BCUT2D eigenvalue weighted by atomic mass is 10.0. The summed E-state index contributed by atoms with van der Waals surface area (Å²) in [7, 11) is 0. The van der Waals surface area contributed by atoms with E-state index in [4.69, 9.17) is 4.98 Å². The van der Waals surface area contributed by atoms with Gasteiger partial charge < -0.3 is 4.57 Å². The van der Waals surface area contributed by atoms with E-state index in [9.17, 15) is 0 Å². The monoisotopic (exact) mass is 494 g/mol. The van der Waals surface area contributed by atoms with E-state index < -0.39 is 0 Å². The third-order valence-corrected chi connectivity index (χ3v) is 8.47. The molecule has 176 valence electrons. The Morgan fingerprint density at radius 3 is 2.30 bits per heavy atom. The molecule has 0 saturated carbocycles. The predicted octanol–water partition coefficient (Wildman–Crippen LogP) is 8.56. The van der Waals surface area contributed by atoms with Crippen molar-refractivity contribution in [3.63, 3.8) is 0 Å². The number of pyridine rings is 2. The van der Waals surface area contributed by atoms with Crippen molar-refractivity contribution < 1.29 is 0 Å². The fraction of sp³-hybridized carbons (Fsp3) is 0.0625. The van der Waals surface area contributed by atoms with Gasteiger partial charge in [0.25, 0.3) is 0 Å². The molecular formula is C32H22N4S. The lowest BCUT2D eigenvalue weighted by molar-refractivity contribution is 0.827. The molecule has 8 rings (SSSR count). The zero-order valence-corrected chi connectivity index (χ0v) is 21.0. The summed E-state index contributed by atoms with van der Waals surface area (Å²) < 4.78 is 4.44. The van der Waals surface area contributed by atoms with Gasteiger partial charge in [-0.3, -0.25) is 0 Å². The van der Waals surface area contributed by atoms with E-state index in [0.717, 1.165) is 34.5 Å². The molecular weight excluding hydrogens is 472 g/mol. The summed E-state index contributed by atoms with van der Waals surface area (Å²) in [5.41, 5.74) is 7.91. The molecule has 5 heterocycles. The Balaban J connectivity index is 1.35. The smallest absolute Gasteiger partial charge is 0.0845 e. The fourth-order valence-electron chi connectivity index (χ4n) is 5.85. The number of benzene rings is 3. The minimum Gasteiger partial charge on any atom is -0.341 e. The van der Waals surface area contributed by atoms with E-state index in [0.29, 0.717) is 0 Å². The first-order valence-corrected chi connectivity index (χ1v) is 13.4. The van der Waals surface area contributed by atoms with Gasteiger partial charge in [0, 0.05) is 50.1 Å². The largest absolute Gasteiger partial charge is 0.341 e. The van der Waals surface area contributed by atoms with E-state index in [1.54, 1.807) is 11.3 Å². The van der Waals surface area contributed by atoms with Crippen LogP contribution in [0.2, 0.25) is 0 Å². The van der Waals surface area contributed by atoms with Crippen LogP contribution in [0.15, 0.2) is 103 Å². The van der Waals surface area contributed by atoms with E-state index >= 15 is 0 Å². The SMILES string of the molecule is CCn1c2ccccc2c2cc(-c3cccc(-c4scc5c4c4ccccc4c4ccnn45)n3)ccc21. The van der Waals surface area contributed by atoms with Gasteiger partial charge in [-0.25, -0.2) is 9.50 Å². The molecule has 0 bridgehead atoms. The van der Waals surface area contributed by atoms with Crippen LogP contribution in [0.5, 0.6) is 0 Å². The first-order valence-electron chi connectivity index (χ1n) is 12.6. The number of para-hydroxylation sites is 1. The molecule has 8 aromatic rings. The van der Waals surface area contributed by atoms with Crippen LogP contribution in [0.1, 0.15) is 6.92 Å². The van der Waals surface area contributed by atoms with Crippen LogP contribution in [0.4, 0.5) is 0 Å². The van der Waals surface area contributed by atoms with Gasteiger partial charge in [0.2, 0.25) is 0 Å². The average Bonchev–Trinajstić information content (AvgIpc) is 3.69. The van der Waals surface area contributed by atoms with Crippen molar-refractivity contribution in [1.82, 2.24) is 19.2 Å². The summed E-state index contributed by atoms with van der Waals surface area (Å²) in [6, 6.07) is 32.5. The third kappa shape index (κ3) is 2.89. The number of rotatable bonds is 3. The molecule has 0 saturated heterocycles. The minimum atomic E-state index is 0.944. The highest BCUT2D eigenvalue weighted by Gasteiger charge is 2.17. The molecule has 5 heteroatoms. The van der Waals surface area contributed by atoms with Gasteiger partial charge >= 0.3 is 0 Å². The Hall–Kier alpha value is -4.48. The van der Waals surface area contributed by atoms with Crippen molar-refractivity contribution in [2.24, 2.45) is 0 Å². The molecule has 4 nitrogen and oxygen atoms in total. The van der Waals surface area contributed by atoms with Crippen molar-refractivity contribution in [2.75, 3.05) is 0 Å². The highest BCUT2D eigenvalue weighted by atomic mass is 32.1. The molecule has 0 unspecified atom stereocenters. The number of aryl methyl sites for hydroxylation is 1. The van der Waals surface area contributed by atoms with Gasteiger partial charge in [0.15, 0.2) is 0 Å². The molecule has 0 N–H and O–H groups in total. The quantitative estimate of drug-likeness (QED) is 0.247. The number of aromatic nitrogens is 4. The molecule has 0 aliphatic rings. The second-order valence-corrected chi connectivity index (χ2v) is 10.3. The molecule has 5 aromatic heterocycles. The Morgan fingerprint density at radius 1 is 0.676 bits per heavy atom. The first-order chi connectivity index (χ1) is 18.3. The normalized spacial score (nSPS) is 12.0. The Bertz CT molecular complexity index is 2140. The zero-order valence-electron chi connectivity index (χ0n) is 20.2. The maximum absolute atomic E-state index is 5.20. The summed E-state index contributed by atoms with van der Waals surface area (Å²) in [6.45, 7) is 3.15. The van der Waals surface area contributed by atoms with E-state index in [-0.39, 0.29) is 0 Å². The van der Waals surface area contributed by atoms with Gasteiger partial charge in [-0.15, -0.1) is 11.3 Å². The van der Waals surface area contributed by atoms with Crippen LogP contribution in [0.3, 0.4) is 0 Å². The standard InChI is InChI=1S/C32H22N4S/c1-2-35-27-13-6-5-9-22(27)24-18-20(14-15-28(24)35)25-11-7-12-26(34-25)32-31-23-10-4-3-8-21(23)29-16-17-33-36(29)30(31)19-37-32/h3-19H,2H2,1H3. The van der Waals surface area contributed by atoms with Crippen molar-refractivity contribution in [2.45, 2.75) is 13.5 Å². The van der Waals surface area contributed by atoms with Gasteiger partial charge in [-0.1, -0.05) is 54.6 Å². The fourth-order valence-corrected chi connectivity index (χ4v) is 6.87. The van der Waals surface area contributed by atoms with Crippen molar-refractivity contribution >= 4 is 60.3 Å². The first kappa shape index (κ1) is 20.7. The maximum Gasteiger partial charge on any atom is 0.0845 e. The average molecular weight is 495 g/mol. The predicted molar refractivity (Wildman–Crippen MR) is 155 cm³/mol. The van der Waals surface area contributed by atoms with E-state index in [2.05, 4.69) is 117 Å².